The van der Waals surface area contributed by atoms with Gasteiger partial charge in [0.05, 0.1) is 5.69 Å². The van der Waals surface area contributed by atoms with E-state index in [4.69, 9.17) is 11.6 Å². The van der Waals surface area contributed by atoms with Gasteiger partial charge < -0.3 is 0 Å². The number of rotatable bonds is 2. The van der Waals surface area contributed by atoms with Gasteiger partial charge in [-0.3, -0.25) is 4.90 Å². The number of benzene rings is 2. The Morgan fingerprint density at radius 1 is 0.931 bits per heavy atom. The van der Waals surface area contributed by atoms with E-state index >= 15 is 0 Å². The maximum atomic E-state index is 12.7. The fourth-order valence-corrected chi connectivity index (χ4v) is 3.53. The number of aromatic nitrogens is 2. The van der Waals surface area contributed by atoms with Crippen molar-refractivity contribution in [2.45, 2.75) is 12.7 Å². The number of nitrogens with zero attached hydrogens (tertiary/aromatic N) is 3. The van der Waals surface area contributed by atoms with Crippen LogP contribution in [0.3, 0.4) is 0 Å². The van der Waals surface area contributed by atoms with Gasteiger partial charge in [-0.15, -0.1) is 10.2 Å². The van der Waals surface area contributed by atoms with Gasteiger partial charge in [-0.1, -0.05) is 41.9 Å². The van der Waals surface area contributed by atoms with Gasteiger partial charge in [-0.25, -0.2) is 0 Å². The van der Waals surface area contributed by atoms with E-state index in [2.05, 4.69) is 21.2 Å². The molecule has 0 radical (unpaired) electrons. The molecule has 0 unspecified atom stereocenters. The van der Waals surface area contributed by atoms with E-state index in [9.17, 15) is 13.2 Å². The van der Waals surface area contributed by atoms with Crippen LogP contribution in [0.2, 0.25) is 5.02 Å². The van der Waals surface area contributed by atoms with Gasteiger partial charge in [0.2, 0.25) is 0 Å². The second kappa shape index (κ2) is 7.61. The van der Waals surface area contributed by atoms with Crippen LogP contribution in [-0.2, 0) is 12.7 Å². The zero-order chi connectivity index (χ0) is 20.6. The fraction of sp³-hybridized carbons (Fsp3) is 0.182. The molecule has 0 bridgehead atoms. The molecule has 4 rings (SSSR count). The molecule has 1 aromatic heterocycles. The summed E-state index contributed by atoms with van der Waals surface area (Å²) in [6, 6.07) is 15.8. The van der Waals surface area contributed by atoms with Crippen molar-refractivity contribution >= 4 is 17.2 Å². The Balaban J connectivity index is 1.74. The molecule has 0 saturated carbocycles. The molecule has 3 nitrogen and oxygen atoms in total. The smallest absolute Gasteiger partial charge is 0.298 e. The van der Waals surface area contributed by atoms with Crippen molar-refractivity contribution in [2.75, 3.05) is 13.6 Å². The predicted molar refractivity (Wildman–Crippen MR) is 107 cm³/mol. The van der Waals surface area contributed by atoms with Gasteiger partial charge in [0, 0.05) is 23.7 Å². The molecule has 29 heavy (non-hydrogen) atoms. The summed E-state index contributed by atoms with van der Waals surface area (Å²) in [5, 5.41) is 7.79. The second-order valence-corrected chi connectivity index (χ2v) is 7.43. The summed E-state index contributed by atoms with van der Waals surface area (Å²) in [7, 11) is 2.02. The molecule has 2 aromatic carbocycles. The van der Waals surface area contributed by atoms with Crippen LogP contribution in [0, 0.1) is 0 Å². The van der Waals surface area contributed by atoms with Gasteiger partial charge in [0.1, 0.15) is 0 Å². The maximum Gasteiger partial charge on any atom is 0.435 e. The van der Waals surface area contributed by atoms with E-state index in [0.717, 1.165) is 40.4 Å². The first-order chi connectivity index (χ1) is 13.8. The van der Waals surface area contributed by atoms with Crippen molar-refractivity contribution in [3.63, 3.8) is 0 Å². The Morgan fingerprint density at radius 3 is 2.31 bits per heavy atom. The Kier molecular flexibility index (Phi) is 5.15. The molecule has 2 heterocycles. The van der Waals surface area contributed by atoms with Crippen LogP contribution in [0.5, 0.6) is 0 Å². The molecule has 148 valence electrons. The van der Waals surface area contributed by atoms with Crippen LogP contribution in [0.4, 0.5) is 13.2 Å². The molecule has 1 aliphatic rings. The zero-order valence-electron chi connectivity index (χ0n) is 15.5. The third kappa shape index (κ3) is 4.18. The molecule has 0 aliphatic carbocycles. The lowest BCUT2D eigenvalue weighted by molar-refractivity contribution is -0.141. The second-order valence-electron chi connectivity index (χ2n) is 6.99. The Morgan fingerprint density at radius 2 is 1.66 bits per heavy atom. The number of likely N-dealkylation sites (N-methyl/N-ethyl adjacent to an activating group) is 1. The molecule has 0 atom stereocenters. The highest BCUT2D eigenvalue weighted by Gasteiger charge is 2.33. The molecule has 1 aliphatic heterocycles. The van der Waals surface area contributed by atoms with Crippen LogP contribution in [0.25, 0.3) is 16.8 Å². The van der Waals surface area contributed by atoms with E-state index in [1.807, 2.05) is 49.5 Å². The summed E-state index contributed by atoms with van der Waals surface area (Å²) in [6.07, 6.45) is -2.33. The summed E-state index contributed by atoms with van der Waals surface area (Å²) < 4.78 is 38.2. The summed E-state index contributed by atoms with van der Waals surface area (Å²) >= 11 is 6.02. The molecule has 7 heteroatoms. The molecular weight excluding hydrogens is 399 g/mol. The Labute approximate surface area is 171 Å². The maximum absolute atomic E-state index is 12.7. The summed E-state index contributed by atoms with van der Waals surface area (Å²) in [5.41, 5.74) is 4.47. The first-order valence-electron chi connectivity index (χ1n) is 9.00. The Hall–Kier alpha value is -2.70. The summed E-state index contributed by atoms with van der Waals surface area (Å²) in [5.74, 6) is 0. The van der Waals surface area contributed by atoms with Crippen molar-refractivity contribution in [1.29, 1.82) is 0 Å². The Bertz CT molecular complexity index is 1060. The topological polar surface area (TPSA) is 29.0 Å². The third-order valence-corrected chi connectivity index (χ3v) is 5.10. The minimum absolute atomic E-state index is 0.407. The third-order valence-electron chi connectivity index (χ3n) is 4.85. The van der Waals surface area contributed by atoms with Gasteiger partial charge in [-0.05, 0) is 59.6 Å². The fourth-order valence-electron chi connectivity index (χ4n) is 3.40. The average molecular weight is 416 g/mol. The van der Waals surface area contributed by atoms with Crippen LogP contribution < -0.4 is 0 Å². The molecule has 3 aromatic rings. The molecule has 0 fully saturated rings. The van der Waals surface area contributed by atoms with Crippen molar-refractivity contribution in [3.05, 3.63) is 88.1 Å². The summed E-state index contributed by atoms with van der Waals surface area (Å²) in [6.45, 7) is 1.49. The molecule has 0 N–H and O–H groups in total. The minimum Gasteiger partial charge on any atom is -0.298 e. The normalized spacial score (nSPS) is 14.9. The number of hydrogen-bond acceptors (Lipinski definition) is 3. The number of alkyl halides is 3. The van der Waals surface area contributed by atoms with Gasteiger partial charge in [0.15, 0.2) is 5.69 Å². The first kappa shape index (κ1) is 19.6. The van der Waals surface area contributed by atoms with Crippen molar-refractivity contribution < 1.29 is 13.2 Å². The molecule has 0 spiro atoms. The summed E-state index contributed by atoms with van der Waals surface area (Å²) in [4.78, 5) is 2.17. The average Bonchev–Trinajstić information content (AvgIpc) is 2.86. The number of fused-ring (bicyclic) bond motifs is 1. The van der Waals surface area contributed by atoms with Crippen LogP contribution in [0.15, 0.2) is 60.7 Å². The monoisotopic (exact) mass is 415 g/mol. The number of halogens is 4. The highest BCUT2D eigenvalue weighted by molar-refractivity contribution is 6.30. The van der Waals surface area contributed by atoms with Gasteiger partial charge >= 0.3 is 6.18 Å². The van der Waals surface area contributed by atoms with Crippen LogP contribution >= 0.6 is 11.6 Å². The zero-order valence-corrected chi connectivity index (χ0v) is 16.3. The van der Waals surface area contributed by atoms with Gasteiger partial charge in [0.25, 0.3) is 0 Å². The molecule has 0 saturated heterocycles. The van der Waals surface area contributed by atoms with E-state index in [1.165, 1.54) is 6.07 Å². The SMILES string of the molecule is CN1CC=C(c2ccc(Cl)cc2)c2ccc(-c3ccc(C(F)(F)F)nn3)cc2C1. The highest BCUT2D eigenvalue weighted by Crippen LogP contribution is 2.33. The van der Waals surface area contributed by atoms with Crippen molar-refractivity contribution in [3.8, 4) is 11.3 Å². The van der Waals surface area contributed by atoms with Crippen LogP contribution in [0.1, 0.15) is 22.4 Å². The standard InChI is InChI=1S/C22H17ClF3N3/c1-29-11-10-19(14-2-5-17(23)6-3-14)18-7-4-15(12-16(18)13-29)20-8-9-21(28-27-20)22(24,25)26/h2-10,12H,11,13H2,1H3. The van der Waals surface area contributed by atoms with Gasteiger partial charge in [-0.2, -0.15) is 13.2 Å². The lowest BCUT2D eigenvalue weighted by Crippen LogP contribution is -2.16. The van der Waals surface area contributed by atoms with Crippen molar-refractivity contribution in [1.82, 2.24) is 15.1 Å². The largest absolute Gasteiger partial charge is 0.435 e. The highest BCUT2D eigenvalue weighted by atomic mass is 35.5. The lowest BCUT2D eigenvalue weighted by Gasteiger charge is -2.15. The molecule has 0 amide bonds. The van der Waals surface area contributed by atoms with Crippen LogP contribution in [-0.4, -0.2) is 28.7 Å². The van der Waals surface area contributed by atoms with E-state index in [0.29, 0.717) is 17.3 Å². The predicted octanol–water partition coefficient (Wildman–Crippen LogP) is 5.69. The lowest BCUT2D eigenvalue weighted by atomic mass is 9.92. The van der Waals surface area contributed by atoms with Crippen molar-refractivity contribution in [2.24, 2.45) is 0 Å². The minimum atomic E-state index is -4.50. The molecular formula is C22H17ClF3N3. The van der Waals surface area contributed by atoms with E-state index in [1.54, 1.807) is 0 Å². The first-order valence-corrected chi connectivity index (χ1v) is 9.38. The number of hydrogen-bond donors (Lipinski definition) is 0. The van der Waals surface area contributed by atoms with E-state index in [-0.39, 0.29) is 0 Å². The van der Waals surface area contributed by atoms with E-state index < -0.39 is 11.9 Å². The quantitative estimate of drug-likeness (QED) is 0.538.